The summed E-state index contributed by atoms with van der Waals surface area (Å²) in [5, 5.41) is 0.938. The van der Waals surface area contributed by atoms with Crippen LogP contribution in [0.3, 0.4) is 0 Å². The number of ether oxygens (including phenoxy) is 3. The van der Waals surface area contributed by atoms with Crippen molar-refractivity contribution in [3.8, 4) is 17.0 Å². The highest BCUT2D eigenvalue weighted by molar-refractivity contribution is 6.17. The first kappa shape index (κ1) is 23.1. The summed E-state index contributed by atoms with van der Waals surface area (Å²) in [7, 11) is 1.65. The molecule has 2 aromatic heterocycles. The third-order valence-electron chi connectivity index (χ3n) is 6.51. The van der Waals surface area contributed by atoms with Crippen LogP contribution in [-0.4, -0.2) is 73.7 Å². The zero-order valence-electron chi connectivity index (χ0n) is 19.8. The van der Waals surface area contributed by atoms with Crippen molar-refractivity contribution in [2.45, 2.75) is 31.8 Å². The quantitative estimate of drug-likeness (QED) is 0.506. The summed E-state index contributed by atoms with van der Waals surface area (Å²) < 4.78 is 16.7. The Balaban J connectivity index is 1.64. The second-order valence-electron chi connectivity index (χ2n) is 8.81. The third kappa shape index (κ3) is 4.37. The molecule has 9 heteroatoms. The number of morpholine rings is 2. The van der Waals surface area contributed by atoms with Crippen LogP contribution in [0.2, 0.25) is 0 Å². The average molecular weight is 484 g/mol. The molecule has 3 aromatic rings. The molecule has 0 radical (unpaired) electrons. The van der Waals surface area contributed by atoms with E-state index < -0.39 is 0 Å². The van der Waals surface area contributed by atoms with Crippen molar-refractivity contribution < 1.29 is 14.2 Å². The lowest BCUT2D eigenvalue weighted by Gasteiger charge is -2.37. The summed E-state index contributed by atoms with van der Waals surface area (Å²) in [6.45, 7) is 8.51. The van der Waals surface area contributed by atoms with Gasteiger partial charge in [-0.25, -0.2) is 4.98 Å². The lowest BCUT2D eigenvalue weighted by Crippen LogP contribution is -2.46. The minimum Gasteiger partial charge on any atom is -0.496 e. The molecule has 2 atom stereocenters. The van der Waals surface area contributed by atoms with Gasteiger partial charge in [-0.3, -0.25) is 0 Å². The van der Waals surface area contributed by atoms with Gasteiger partial charge in [0.15, 0.2) is 5.65 Å². The van der Waals surface area contributed by atoms with Gasteiger partial charge in [0.25, 0.3) is 0 Å². The van der Waals surface area contributed by atoms with Gasteiger partial charge in [-0.2, -0.15) is 9.97 Å². The lowest BCUT2D eigenvalue weighted by molar-refractivity contribution is 0.0973. The molecular formula is C25H30ClN5O3. The van der Waals surface area contributed by atoms with Crippen molar-refractivity contribution in [2.75, 3.05) is 56.4 Å². The van der Waals surface area contributed by atoms with Crippen LogP contribution in [0.25, 0.3) is 22.3 Å². The number of rotatable bonds is 5. The van der Waals surface area contributed by atoms with Crippen molar-refractivity contribution in [2.24, 2.45) is 0 Å². The zero-order chi connectivity index (χ0) is 23.7. The Morgan fingerprint density at radius 2 is 1.71 bits per heavy atom. The van der Waals surface area contributed by atoms with Crippen LogP contribution in [0.4, 0.5) is 11.8 Å². The number of fused-ring (bicyclic) bond motifs is 1. The van der Waals surface area contributed by atoms with Gasteiger partial charge in [-0.05, 0) is 44.2 Å². The van der Waals surface area contributed by atoms with Crippen LogP contribution in [0.15, 0.2) is 30.3 Å². The number of halogens is 1. The number of anilines is 2. The van der Waals surface area contributed by atoms with Gasteiger partial charge in [0.2, 0.25) is 5.95 Å². The van der Waals surface area contributed by atoms with Gasteiger partial charge in [-0.1, -0.05) is 0 Å². The van der Waals surface area contributed by atoms with E-state index in [2.05, 4.69) is 29.7 Å². The summed E-state index contributed by atoms with van der Waals surface area (Å²) in [5.74, 6) is 2.74. The number of pyridine rings is 1. The van der Waals surface area contributed by atoms with Crippen LogP contribution in [0.1, 0.15) is 19.4 Å². The maximum Gasteiger partial charge on any atom is 0.229 e. The van der Waals surface area contributed by atoms with E-state index in [9.17, 15) is 0 Å². The number of benzene rings is 1. The number of alkyl halides is 1. The molecule has 2 saturated heterocycles. The molecule has 2 fully saturated rings. The van der Waals surface area contributed by atoms with Crippen LogP contribution >= 0.6 is 11.6 Å². The maximum absolute atomic E-state index is 6.15. The Labute approximate surface area is 204 Å². The fourth-order valence-corrected chi connectivity index (χ4v) is 4.81. The number of hydrogen-bond acceptors (Lipinski definition) is 8. The molecule has 0 aliphatic carbocycles. The molecule has 0 saturated carbocycles. The Hall–Kier alpha value is -2.68. The molecule has 0 amide bonds. The number of methoxy groups -OCH3 is 1. The number of hydrogen-bond donors (Lipinski definition) is 0. The molecule has 0 bridgehead atoms. The standard InChI is InChI=1S/C25H30ClN5O3/c1-16-14-33-10-8-30(16)24-20-5-6-21(18-4-7-22(32-3)19(12-18)13-26)27-23(20)28-25(29-24)31-9-11-34-15-17(31)2/h4-7,12,16-17H,8-11,13-15H2,1-3H3. The predicted octanol–water partition coefficient (Wildman–Crippen LogP) is 3.89. The van der Waals surface area contributed by atoms with E-state index in [1.807, 2.05) is 24.3 Å². The number of aromatic nitrogens is 3. The summed E-state index contributed by atoms with van der Waals surface area (Å²) in [6, 6.07) is 10.5. The molecule has 2 aliphatic rings. The maximum atomic E-state index is 6.15. The van der Waals surface area contributed by atoms with E-state index in [1.54, 1.807) is 7.11 Å². The van der Waals surface area contributed by atoms with E-state index in [4.69, 9.17) is 40.8 Å². The lowest BCUT2D eigenvalue weighted by atomic mass is 10.1. The normalized spacial score (nSPS) is 21.2. The van der Waals surface area contributed by atoms with Crippen LogP contribution in [0.5, 0.6) is 5.75 Å². The van der Waals surface area contributed by atoms with Gasteiger partial charge in [-0.15, -0.1) is 11.6 Å². The van der Waals surface area contributed by atoms with E-state index >= 15 is 0 Å². The summed E-state index contributed by atoms with van der Waals surface area (Å²) in [4.78, 5) is 19.5. The van der Waals surface area contributed by atoms with Crippen molar-refractivity contribution >= 4 is 34.4 Å². The van der Waals surface area contributed by atoms with Gasteiger partial charge >= 0.3 is 0 Å². The van der Waals surface area contributed by atoms with Gasteiger partial charge in [0.1, 0.15) is 11.6 Å². The van der Waals surface area contributed by atoms with E-state index in [0.29, 0.717) is 43.9 Å². The fourth-order valence-electron chi connectivity index (χ4n) is 4.60. The van der Waals surface area contributed by atoms with Crippen molar-refractivity contribution in [1.82, 2.24) is 15.0 Å². The van der Waals surface area contributed by atoms with Gasteiger partial charge in [0.05, 0.1) is 62.6 Å². The second-order valence-corrected chi connectivity index (χ2v) is 9.08. The fraction of sp³-hybridized carbons (Fsp3) is 0.480. The first-order chi connectivity index (χ1) is 16.6. The molecule has 0 N–H and O–H groups in total. The summed E-state index contributed by atoms with van der Waals surface area (Å²) in [6.07, 6.45) is 0. The smallest absolute Gasteiger partial charge is 0.229 e. The highest BCUT2D eigenvalue weighted by Gasteiger charge is 2.27. The molecule has 34 heavy (non-hydrogen) atoms. The monoisotopic (exact) mass is 483 g/mol. The molecular weight excluding hydrogens is 454 g/mol. The average Bonchev–Trinajstić information content (AvgIpc) is 2.88. The molecule has 2 unspecified atom stereocenters. The topological polar surface area (TPSA) is 72.8 Å². The Bertz CT molecular complexity index is 1180. The molecule has 4 heterocycles. The van der Waals surface area contributed by atoms with Crippen LogP contribution < -0.4 is 14.5 Å². The molecule has 1 aromatic carbocycles. The molecule has 0 spiro atoms. The zero-order valence-corrected chi connectivity index (χ0v) is 20.6. The third-order valence-corrected chi connectivity index (χ3v) is 6.80. The summed E-state index contributed by atoms with van der Waals surface area (Å²) >= 11 is 6.15. The molecule has 5 rings (SSSR count). The van der Waals surface area contributed by atoms with Crippen LogP contribution in [0, 0.1) is 0 Å². The first-order valence-electron chi connectivity index (χ1n) is 11.7. The highest BCUT2D eigenvalue weighted by Crippen LogP contribution is 2.32. The predicted molar refractivity (Wildman–Crippen MR) is 134 cm³/mol. The van der Waals surface area contributed by atoms with E-state index in [-0.39, 0.29) is 12.1 Å². The molecule has 8 nitrogen and oxygen atoms in total. The van der Waals surface area contributed by atoms with Crippen LogP contribution in [-0.2, 0) is 15.4 Å². The largest absolute Gasteiger partial charge is 0.496 e. The number of nitrogens with zero attached hydrogens (tertiary/aromatic N) is 5. The molecule has 180 valence electrons. The van der Waals surface area contributed by atoms with Crippen molar-refractivity contribution in [1.29, 1.82) is 0 Å². The Kier molecular flexibility index (Phi) is 6.72. The first-order valence-corrected chi connectivity index (χ1v) is 12.2. The van der Waals surface area contributed by atoms with Gasteiger partial charge < -0.3 is 24.0 Å². The minimum absolute atomic E-state index is 0.192. The summed E-state index contributed by atoms with van der Waals surface area (Å²) in [5.41, 5.74) is 3.41. The second kappa shape index (κ2) is 9.90. The molecule has 2 aliphatic heterocycles. The Morgan fingerprint density at radius 3 is 2.38 bits per heavy atom. The Morgan fingerprint density at radius 1 is 0.971 bits per heavy atom. The van der Waals surface area contributed by atoms with E-state index in [0.717, 1.165) is 46.9 Å². The minimum atomic E-state index is 0.192. The van der Waals surface area contributed by atoms with Crippen molar-refractivity contribution in [3.63, 3.8) is 0 Å². The van der Waals surface area contributed by atoms with Gasteiger partial charge in [0, 0.05) is 24.2 Å². The highest BCUT2D eigenvalue weighted by atomic mass is 35.5. The van der Waals surface area contributed by atoms with Crippen molar-refractivity contribution in [3.05, 3.63) is 35.9 Å². The SMILES string of the molecule is COc1ccc(-c2ccc3c(N4CCOCC4C)nc(N4CCOCC4C)nc3n2)cc1CCl. The van der Waals surface area contributed by atoms with E-state index in [1.165, 1.54) is 0 Å².